The van der Waals surface area contributed by atoms with Gasteiger partial charge in [0.1, 0.15) is 17.0 Å². The van der Waals surface area contributed by atoms with Gasteiger partial charge < -0.3 is 10.2 Å². The molecule has 2 fully saturated rings. The van der Waals surface area contributed by atoms with E-state index < -0.39 is 0 Å². The van der Waals surface area contributed by atoms with E-state index in [2.05, 4.69) is 33.2 Å². The number of nitrogens with one attached hydrogen (secondary N) is 1. The molecular formula is C16H22N4S. The highest BCUT2D eigenvalue weighted by atomic mass is 32.1. The van der Waals surface area contributed by atoms with Crippen molar-refractivity contribution in [1.29, 1.82) is 0 Å². The molecule has 2 saturated heterocycles. The summed E-state index contributed by atoms with van der Waals surface area (Å²) in [7, 11) is 0. The van der Waals surface area contributed by atoms with Gasteiger partial charge in [0.2, 0.25) is 0 Å². The molecule has 0 bridgehead atoms. The summed E-state index contributed by atoms with van der Waals surface area (Å²) in [5, 5.41) is 4.94. The van der Waals surface area contributed by atoms with E-state index in [9.17, 15) is 0 Å². The maximum atomic E-state index is 4.62. The first-order valence-corrected chi connectivity index (χ1v) is 8.88. The van der Waals surface area contributed by atoms with Gasteiger partial charge in [-0.1, -0.05) is 6.92 Å². The summed E-state index contributed by atoms with van der Waals surface area (Å²) in [4.78, 5) is 14.1. The molecule has 2 aliphatic rings. The van der Waals surface area contributed by atoms with Gasteiger partial charge in [-0.2, -0.15) is 0 Å². The van der Waals surface area contributed by atoms with Crippen LogP contribution in [0.15, 0.2) is 12.4 Å². The maximum Gasteiger partial charge on any atom is 0.140 e. The van der Waals surface area contributed by atoms with Crippen LogP contribution >= 0.6 is 11.3 Å². The number of hydrogen-bond acceptors (Lipinski definition) is 5. The molecule has 2 aliphatic heterocycles. The summed E-state index contributed by atoms with van der Waals surface area (Å²) in [5.74, 6) is 1.93. The lowest BCUT2D eigenvalue weighted by Crippen LogP contribution is -2.52. The van der Waals surface area contributed by atoms with Crippen LogP contribution in [-0.2, 0) is 6.42 Å². The highest BCUT2D eigenvalue weighted by Gasteiger charge is 2.32. The van der Waals surface area contributed by atoms with Crippen molar-refractivity contribution < 1.29 is 0 Å². The smallest absolute Gasteiger partial charge is 0.140 e. The van der Waals surface area contributed by atoms with E-state index in [0.717, 1.165) is 42.1 Å². The summed E-state index contributed by atoms with van der Waals surface area (Å²) in [5.41, 5.74) is 0. The Morgan fingerprint density at radius 2 is 2.33 bits per heavy atom. The zero-order valence-electron chi connectivity index (χ0n) is 12.5. The fourth-order valence-corrected chi connectivity index (χ4v) is 4.69. The zero-order valence-corrected chi connectivity index (χ0v) is 13.3. The molecule has 0 radical (unpaired) electrons. The maximum absolute atomic E-state index is 4.62. The number of hydrogen-bond donors (Lipinski definition) is 1. The van der Waals surface area contributed by atoms with Crippen molar-refractivity contribution in [2.45, 2.75) is 38.6 Å². The van der Waals surface area contributed by atoms with E-state index >= 15 is 0 Å². The Labute approximate surface area is 129 Å². The molecule has 4 nitrogen and oxygen atoms in total. The number of thiophene rings is 1. The van der Waals surface area contributed by atoms with E-state index in [1.807, 2.05) is 11.3 Å². The molecule has 5 heteroatoms. The SMILES string of the molecule is CCc1cc2c(N3CCC4NCCCC4C3)ncnc2s1. The van der Waals surface area contributed by atoms with Crippen LogP contribution in [0, 0.1) is 5.92 Å². The normalized spacial score (nSPS) is 26.0. The van der Waals surface area contributed by atoms with Crippen molar-refractivity contribution in [3.05, 3.63) is 17.3 Å². The van der Waals surface area contributed by atoms with Gasteiger partial charge in [0.15, 0.2) is 0 Å². The van der Waals surface area contributed by atoms with Gasteiger partial charge in [-0.15, -0.1) is 11.3 Å². The number of nitrogens with zero attached hydrogens (tertiary/aromatic N) is 3. The first kappa shape index (κ1) is 13.5. The quantitative estimate of drug-likeness (QED) is 0.926. The number of rotatable bonds is 2. The first-order valence-electron chi connectivity index (χ1n) is 8.07. The van der Waals surface area contributed by atoms with Gasteiger partial charge in [0, 0.05) is 24.0 Å². The number of anilines is 1. The molecule has 2 unspecified atom stereocenters. The van der Waals surface area contributed by atoms with Crippen LogP contribution in [0.5, 0.6) is 0 Å². The van der Waals surface area contributed by atoms with Gasteiger partial charge in [-0.05, 0) is 44.2 Å². The fourth-order valence-electron chi connectivity index (χ4n) is 3.76. The minimum atomic E-state index is 0.723. The Balaban J connectivity index is 1.65. The number of piperidine rings is 2. The highest BCUT2D eigenvalue weighted by molar-refractivity contribution is 7.18. The van der Waals surface area contributed by atoms with E-state index in [4.69, 9.17) is 0 Å². The van der Waals surface area contributed by atoms with E-state index in [0.29, 0.717) is 0 Å². The topological polar surface area (TPSA) is 41.0 Å². The summed E-state index contributed by atoms with van der Waals surface area (Å²) in [6.07, 6.45) is 6.72. The van der Waals surface area contributed by atoms with Gasteiger partial charge >= 0.3 is 0 Å². The second-order valence-electron chi connectivity index (χ2n) is 6.18. The molecule has 4 heterocycles. The predicted molar refractivity (Wildman–Crippen MR) is 88.1 cm³/mol. The summed E-state index contributed by atoms with van der Waals surface area (Å²) in [6, 6.07) is 3.02. The molecule has 0 spiro atoms. The molecule has 2 atom stereocenters. The second-order valence-corrected chi connectivity index (χ2v) is 7.30. The summed E-state index contributed by atoms with van der Waals surface area (Å²) >= 11 is 1.81. The highest BCUT2D eigenvalue weighted by Crippen LogP contribution is 2.34. The third-order valence-corrected chi connectivity index (χ3v) is 6.09. The molecule has 112 valence electrons. The van der Waals surface area contributed by atoms with Crippen LogP contribution in [0.25, 0.3) is 10.2 Å². The Hall–Kier alpha value is -1.20. The van der Waals surface area contributed by atoms with Crippen molar-refractivity contribution in [1.82, 2.24) is 15.3 Å². The second kappa shape index (κ2) is 5.54. The average molecular weight is 302 g/mol. The molecule has 0 amide bonds. The molecule has 2 aromatic rings. The molecule has 4 rings (SSSR count). The van der Waals surface area contributed by atoms with Crippen LogP contribution in [0.1, 0.15) is 31.1 Å². The van der Waals surface area contributed by atoms with Crippen LogP contribution in [-0.4, -0.2) is 35.6 Å². The lowest BCUT2D eigenvalue weighted by Gasteiger charge is -2.42. The number of aromatic nitrogens is 2. The van der Waals surface area contributed by atoms with Crippen molar-refractivity contribution in [3.8, 4) is 0 Å². The molecule has 2 aromatic heterocycles. The lowest BCUT2D eigenvalue weighted by molar-refractivity contribution is 0.244. The number of aryl methyl sites for hydroxylation is 1. The van der Waals surface area contributed by atoms with E-state index in [1.54, 1.807) is 6.33 Å². The van der Waals surface area contributed by atoms with E-state index in [1.165, 1.54) is 36.1 Å². The molecule has 1 N–H and O–H groups in total. The Kier molecular flexibility index (Phi) is 3.55. The summed E-state index contributed by atoms with van der Waals surface area (Å²) < 4.78 is 0. The molecule has 0 aliphatic carbocycles. The average Bonchev–Trinajstić information content (AvgIpc) is 2.97. The Bertz CT molecular complexity index is 638. The molecule has 21 heavy (non-hydrogen) atoms. The standard InChI is InChI=1S/C16H22N4S/c1-2-12-8-13-15(18-10-19-16(13)21-12)20-7-5-14-11(9-20)4-3-6-17-14/h8,10-11,14,17H,2-7,9H2,1H3. The van der Waals surface area contributed by atoms with Crippen molar-refractivity contribution in [2.24, 2.45) is 5.92 Å². The number of fused-ring (bicyclic) bond motifs is 2. The third-order valence-electron chi connectivity index (χ3n) is 4.90. The largest absolute Gasteiger partial charge is 0.356 e. The zero-order chi connectivity index (χ0) is 14.2. The van der Waals surface area contributed by atoms with Crippen LogP contribution < -0.4 is 10.2 Å². The molecule has 0 saturated carbocycles. The van der Waals surface area contributed by atoms with Gasteiger partial charge in [-0.3, -0.25) is 0 Å². The van der Waals surface area contributed by atoms with Crippen molar-refractivity contribution in [2.75, 3.05) is 24.5 Å². The third kappa shape index (κ3) is 2.42. The van der Waals surface area contributed by atoms with E-state index in [-0.39, 0.29) is 0 Å². The Morgan fingerprint density at radius 3 is 3.24 bits per heavy atom. The van der Waals surface area contributed by atoms with Crippen molar-refractivity contribution in [3.63, 3.8) is 0 Å². The Morgan fingerprint density at radius 1 is 1.38 bits per heavy atom. The van der Waals surface area contributed by atoms with Crippen LogP contribution in [0.4, 0.5) is 5.82 Å². The summed E-state index contributed by atoms with van der Waals surface area (Å²) in [6.45, 7) is 5.65. The fraction of sp³-hybridized carbons (Fsp3) is 0.625. The van der Waals surface area contributed by atoms with Gasteiger partial charge in [0.05, 0.1) is 5.39 Å². The minimum absolute atomic E-state index is 0.723. The van der Waals surface area contributed by atoms with Crippen LogP contribution in [0.3, 0.4) is 0 Å². The van der Waals surface area contributed by atoms with Crippen LogP contribution in [0.2, 0.25) is 0 Å². The molecular weight excluding hydrogens is 280 g/mol. The van der Waals surface area contributed by atoms with Gasteiger partial charge in [-0.25, -0.2) is 9.97 Å². The van der Waals surface area contributed by atoms with Gasteiger partial charge in [0.25, 0.3) is 0 Å². The predicted octanol–water partition coefficient (Wildman–Crippen LogP) is 2.83. The van der Waals surface area contributed by atoms with Crippen molar-refractivity contribution >= 4 is 27.4 Å². The monoisotopic (exact) mass is 302 g/mol. The first-order chi connectivity index (χ1) is 10.3. The molecule has 0 aromatic carbocycles. The lowest BCUT2D eigenvalue weighted by atomic mass is 9.85. The minimum Gasteiger partial charge on any atom is -0.356 e.